The molecule has 0 aromatic heterocycles. The summed E-state index contributed by atoms with van der Waals surface area (Å²) < 4.78 is 0. The molecule has 5 nitrogen and oxygen atoms in total. The number of primary amides is 1. The fraction of sp³-hybridized carbons (Fsp3) is 0.889. The molecule has 1 unspecified atom stereocenters. The molecule has 0 aromatic carbocycles. The fourth-order valence-corrected chi connectivity index (χ4v) is 4.20. The van der Waals surface area contributed by atoms with Gasteiger partial charge in [-0.1, -0.05) is 26.7 Å². The summed E-state index contributed by atoms with van der Waals surface area (Å²) in [7, 11) is 1.85. The van der Waals surface area contributed by atoms with Crippen molar-refractivity contribution in [2.75, 3.05) is 26.7 Å². The van der Waals surface area contributed by atoms with Gasteiger partial charge in [0, 0.05) is 33.1 Å². The van der Waals surface area contributed by atoms with Gasteiger partial charge in [-0.15, -0.1) is 24.0 Å². The van der Waals surface area contributed by atoms with Crippen LogP contribution in [0.3, 0.4) is 0 Å². The number of nitrogens with zero attached hydrogens (tertiary/aromatic N) is 2. The molecule has 0 aromatic rings. The van der Waals surface area contributed by atoms with Crippen molar-refractivity contribution in [3.05, 3.63) is 0 Å². The number of hydrogen-bond donors (Lipinski definition) is 2. The van der Waals surface area contributed by atoms with Crippen molar-refractivity contribution < 1.29 is 4.79 Å². The maximum Gasteiger partial charge on any atom is 0.217 e. The van der Waals surface area contributed by atoms with Crippen LogP contribution in [0.15, 0.2) is 4.99 Å². The lowest BCUT2D eigenvalue weighted by molar-refractivity contribution is -0.119. The lowest BCUT2D eigenvalue weighted by Gasteiger charge is -2.37. The second-order valence-electron chi connectivity index (χ2n) is 8.00. The van der Waals surface area contributed by atoms with Gasteiger partial charge in [-0.05, 0) is 42.9 Å². The standard InChI is InChI=1S/C18H34N4O.HI/c1-18(2,15-8-4-5-9-15)13-21-17(20-3)22-10-6-7-14(12-22)11-16(19)23;/h14-15H,4-13H2,1-3H3,(H2,19,23)(H,20,21);1H. The summed E-state index contributed by atoms with van der Waals surface area (Å²) in [5.41, 5.74) is 5.66. The fourth-order valence-electron chi connectivity index (χ4n) is 4.20. The SMILES string of the molecule is CN=C(NCC(C)(C)C1CCCC1)N1CCCC(CC(N)=O)C1.I. The Morgan fingerprint density at radius 2 is 1.92 bits per heavy atom. The van der Waals surface area contributed by atoms with Crippen LogP contribution < -0.4 is 11.1 Å². The van der Waals surface area contributed by atoms with E-state index in [1.807, 2.05) is 7.05 Å². The molecule has 2 aliphatic rings. The molecule has 1 amide bonds. The Balaban J connectivity index is 0.00000288. The Hall–Kier alpha value is -0.530. The van der Waals surface area contributed by atoms with Gasteiger partial charge in [0.25, 0.3) is 0 Å². The minimum atomic E-state index is -0.192. The average Bonchev–Trinajstić information content (AvgIpc) is 3.02. The molecular formula is C18H35IN4O. The maximum atomic E-state index is 11.2. The van der Waals surface area contributed by atoms with Crippen molar-refractivity contribution in [3.63, 3.8) is 0 Å². The molecule has 1 heterocycles. The Bertz CT molecular complexity index is 433. The zero-order valence-electron chi connectivity index (χ0n) is 15.5. The molecule has 6 heteroatoms. The number of likely N-dealkylation sites (tertiary alicyclic amines) is 1. The van der Waals surface area contributed by atoms with Gasteiger partial charge in [-0.25, -0.2) is 0 Å². The van der Waals surface area contributed by atoms with E-state index >= 15 is 0 Å². The quantitative estimate of drug-likeness (QED) is 0.385. The molecule has 1 atom stereocenters. The number of amides is 1. The van der Waals surface area contributed by atoms with E-state index in [1.54, 1.807) is 0 Å². The van der Waals surface area contributed by atoms with Gasteiger partial charge >= 0.3 is 0 Å². The average molecular weight is 450 g/mol. The first-order valence-corrected chi connectivity index (χ1v) is 9.16. The third-order valence-electron chi connectivity index (χ3n) is 5.68. The number of hydrogen-bond acceptors (Lipinski definition) is 2. The molecule has 1 aliphatic heterocycles. The molecule has 1 saturated heterocycles. The maximum absolute atomic E-state index is 11.2. The minimum Gasteiger partial charge on any atom is -0.370 e. The van der Waals surface area contributed by atoms with Crippen LogP contribution in [-0.4, -0.2) is 43.4 Å². The van der Waals surface area contributed by atoms with Gasteiger partial charge in [0.2, 0.25) is 5.91 Å². The molecule has 2 rings (SSSR count). The summed E-state index contributed by atoms with van der Waals surface area (Å²) in [6.07, 6.45) is 8.15. The largest absolute Gasteiger partial charge is 0.370 e. The van der Waals surface area contributed by atoms with Gasteiger partial charge in [0.15, 0.2) is 5.96 Å². The number of nitrogens with two attached hydrogens (primary N) is 1. The Kier molecular flexibility index (Phi) is 8.81. The molecule has 0 spiro atoms. The second-order valence-corrected chi connectivity index (χ2v) is 8.00. The van der Waals surface area contributed by atoms with Gasteiger partial charge in [0.05, 0.1) is 0 Å². The van der Waals surface area contributed by atoms with Crippen molar-refractivity contribution in [3.8, 4) is 0 Å². The van der Waals surface area contributed by atoms with Crippen LogP contribution in [0, 0.1) is 17.3 Å². The molecule has 2 fully saturated rings. The van der Waals surface area contributed by atoms with Crippen LogP contribution in [-0.2, 0) is 4.79 Å². The summed E-state index contributed by atoms with van der Waals surface area (Å²) in [5.74, 6) is 1.96. The second kappa shape index (κ2) is 9.82. The van der Waals surface area contributed by atoms with Crippen molar-refractivity contribution in [1.82, 2.24) is 10.2 Å². The van der Waals surface area contributed by atoms with Crippen molar-refractivity contribution in [2.24, 2.45) is 28.0 Å². The Morgan fingerprint density at radius 3 is 2.50 bits per heavy atom. The molecule has 0 radical (unpaired) electrons. The molecule has 3 N–H and O–H groups in total. The normalized spacial score (nSPS) is 23.0. The molecule has 1 saturated carbocycles. The summed E-state index contributed by atoms with van der Waals surface area (Å²) in [5, 5.41) is 3.59. The predicted octanol–water partition coefficient (Wildman–Crippen LogP) is 2.98. The van der Waals surface area contributed by atoms with E-state index < -0.39 is 0 Å². The van der Waals surface area contributed by atoms with Crippen LogP contribution in [0.5, 0.6) is 0 Å². The first-order valence-electron chi connectivity index (χ1n) is 9.16. The van der Waals surface area contributed by atoms with Crippen molar-refractivity contribution in [2.45, 2.75) is 58.8 Å². The van der Waals surface area contributed by atoms with E-state index in [-0.39, 0.29) is 29.9 Å². The smallest absolute Gasteiger partial charge is 0.217 e. The zero-order valence-corrected chi connectivity index (χ0v) is 17.8. The first kappa shape index (κ1) is 21.5. The molecule has 140 valence electrons. The number of rotatable bonds is 5. The van der Waals surface area contributed by atoms with Crippen molar-refractivity contribution >= 4 is 35.8 Å². The highest BCUT2D eigenvalue weighted by atomic mass is 127. The molecule has 0 bridgehead atoms. The number of halogens is 1. The molecular weight excluding hydrogens is 415 g/mol. The topological polar surface area (TPSA) is 70.7 Å². The van der Waals surface area contributed by atoms with E-state index in [0.717, 1.165) is 44.4 Å². The van der Waals surface area contributed by atoms with Gasteiger partial charge in [-0.3, -0.25) is 9.79 Å². The summed E-state index contributed by atoms with van der Waals surface area (Å²) in [6, 6.07) is 0. The third-order valence-corrected chi connectivity index (χ3v) is 5.68. The molecule has 24 heavy (non-hydrogen) atoms. The number of piperidine rings is 1. The van der Waals surface area contributed by atoms with Crippen LogP contribution in [0.2, 0.25) is 0 Å². The van der Waals surface area contributed by atoms with Crippen LogP contribution in [0.4, 0.5) is 0 Å². The zero-order chi connectivity index (χ0) is 16.9. The van der Waals surface area contributed by atoms with Gasteiger partial charge in [-0.2, -0.15) is 0 Å². The summed E-state index contributed by atoms with van der Waals surface area (Å²) in [6.45, 7) is 7.59. The van der Waals surface area contributed by atoms with Gasteiger partial charge in [0.1, 0.15) is 0 Å². The number of nitrogens with one attached hydrogen (secondary N) is 1. The number of guanidine groups is 1. The monoisotopic (exact) mass is 450 g/mol. The van der Waals surface area contributed by atoms with E-state index in [9.17, 15) is 4.79 Å². The highest BCUT2D eigenvalue weighted by Crippen LogP contribution is 2.39. The van der Waals surface area contributed by atoms with E-state index in [4.69, 9.17) is 5.73 Å². The number of carbonyl (C=O) groups excluding carboxylic acids is 1. The summed E-state index contributed by atoms with van der Waals surface area (Å²) in [4.78, 5) is 17.9. The van der Waals surface area contributed by atoms with Crippen molar-refractivity contribution in [1.29, 1.82) is 0 Å². The van der Waals surface area contributed by atoms with E-state index in [1.165, 1.54) is 25.7 Å². The third kappa shape index (κ3) is 6.08. The highest BCUT2D eigenvalue weighted by molar-refractivity contribution is 14.0. The predicted molar refractivity (Wildman–Crippen MR) is 111 cm³/mol. The van der Waals surface area contributed by atoms with Crippen LogP contribution >= 0.6 is 24.0 Å². The van der Waals surface area contributed by atoms with E-state index in [2.05, 4.69) is 29.1 Å². The first-order chi connectivity index (χ1) is 10.9. The van der Waals surface area contributed by atoms with E-state index in [0.29, 0.717) is 17.8 Å². The Morgan fingerprint density at radius 1 is 1.25 bits per heavy atom. The van der Waals surface area contributed by atoms with Crippen LogP contribution in [0.25, 0.3) is 0 Å². The number of aliphatic imine (C=N–C) groups is 1. The van der Waals surface area contributed by atoms with Gasteiger partial charge < -0.3 is 16.0 Å². The number of carbonyl (C=O) groups is 1. The van der Waals surface area contributed by atoms with Crippen LogP contribution in [0.1, 0.15) is 58.8 Å². The highest BCUT2D eigenvalue weighted by Gasteiger charge is 2.32. The Labute approximate surface area is 164 Å². The lowest BCUT2D eigenvalue weighted by Crippen LogP contribution is -2.49. The summed E-state index contributed by atoms with van der Waals surface area (Å²) >= 11 is 0. The lowest BCUT2D eigenvalue weighted by atomic mass is 9.78. The molecule has 1 aliphatic carbocycles. The minimum absolute atomic E-state index is 0.